The zero-order valence-electron chi connectivity index (χ0n) is 15.1. The molecule has 6 heteroatoms. The molecule has 0 atom stereocenters. The van der Waals surface area contributed by atoms with E-state index in [9.17, 15) is 4.79 Å². The fraction of sp³-hybridized carbons (Fsp3) is 0.526. The number of hydroxylamine groups is 1. The van der Waals surface area contributed by atoms with Gasteiger partial charge in [0.1, 0.15) is 5.60 Å². The lowest BCUT2D eigenvalue weighted by molar-refractivity contribution is -0.0653. The first-order chi connectivity index (χ1) is 11.9. The van der Waals surface area contributed by atoms with Gasteiger partial charge in [0, 0.05) is 12.6 Å². The highest BCUT2D eigenvalue weighted by Crippen LogP contribution is 2.29. The molecule has 0 aliphatic carbocycles. The lowest BCUT2D eigenvalue weighted by Gasteiger charge is -2.29. The summed E-state index contributed by atoms with van der Waals surface area (Å²) >= 11 is 0. The summed E-state index contributed by atoms with van der Waals surface area (Å²) in [6, 6.07) is 8.25. The molecule has 2 aliphatic heterocycles. The van der Waals surface area contributed by atoms with Gasteiger partial charge in [-0.05, 0) is 42.5 Å². The van der Waals surface area contributed by atoms with Gasteiger partial charge in [0.25, 0.3) is 0 Å². The van der Waals surface area contributed by atoms with Gasteiger partial charge in [-0.1, -0.05) is 45.0 Å². The molecule has 0 unspecified atom stereocenters. The number of benzene rings is 1. The molecule has 25 heavy (non-hydrogen) atoms. The highest BCUT2D eigenvalue weighted by atomic mass is 16.7. The maximum absolute atomic E-state index is 12.0. The average molecular weight is 345 g/mol. The number of hydrogen-bond acceptors (Lipinski definition) is 5. The highest BCUT2D eigenvalue weighted by molar-refractivity contribution is 5.68. The van der Waals surface area contributed by atoms with Crippen molar-refractivity contribution in [3.8, 4) is 0 Å². The topological polar surface area (TPSA) is 71.6 Å². The predicted molar refractivity (Wildman–Crippen MR) is 95.6 cm³/mol. The number of carbonyl (C=O) groups excluding carboxylic acids is 1. The number of piperidine rings is 1. The summed E-state index contributed by atoms with van der Waals surface area (Å²) in [4.78, 5) is 17.6. The van der Waals surface area contributed by atoms with E-state index in [0.29, 0.717) is 12.4 Å². The first-order valence-corrected chi connectivity index (χ1v) is 8.79. The van der Waals surface area contributed by atoms with Crippen LogP contribution < -0.4 is 16.1 Å². The molecule has 136 valence electrons. The molecular weight excluding hydrogens is 318 g/mol. The Kier molecular flexibility index (Phi) is 5.01. The molecule has 1 fully saturated rings. The molecule has 3 rings (SSSR count). The SMILES string of the molecule is CC(C)(C)c1ccc(CNC(=O)OC2=CC3(CCNCC3)ON2)cc1. The van der Waals surface area contributed by atoms with E-state index < -0.39 is 6.09 Å². The van der Waals surface area contributed by atoms with Crippen molar-refractivity contribution in [2.75, 3.05) is 13.1 Å². The molecule has 0 radical (unpaired) electrons. The lowest BCUT2D eigenvalue weighted by Crippen LogP contribution is -2.41. The molecule has 3 N–H and O–H groups in total. The van der Waals surface area contributed by atoms with Crippen LogP contribution in [0.4, 0.5) is 4.79 Å². The predicted octanol–water partition coefficient (Wildman–Crippen LogP) is 2.71. The van der Waals surface area contributed by atoms with E-state index in [1.54, 1.807) is 0 Å². The van der Waals surface area contributed by atoms with Crippen LogP contribution in [0.2, 0.25) is 0 Å². The van der Waals surface area contributed by atoms with Gasteiger partial charge in [0.2, 0.25) is 5.88 Å². The van der Waals surface area contributed by atoms with Gasteiger partial charge >= 0.3 is 6.09 Å². The number of carbonyl (C=O) groups is 1. The molecule has 1 aromatic carbocycles. The molecule has 0 bridgehead atoms. The fourth-order valence-corrected chi connectivity index (χ4v) is 3.03. The molecule has 1 aromatic rings. The third-order valence-electron chi connectivity index (χ3n) is 4.66. The number of nitrogens with one attached hydrogen (secondary N) is 3. The van der Waals surface area contributed by atoms with Crippen LogP contribution >= 0.6 is 0 Å². The second kappa shape index (κ2) is 7.06. The Bertz CT molecular complexity index is 641. The Morgan fingerprint density at radius 1 is 1.24 bits per heavy atom. The van der Waals surface area contributed by atoms with Gasteiger partial charge in [-0.15, -0.1) is 0 Å². The van der Waals surface area contributed by atoms with Crippen molar-refractivity contribution < 1.29 is 14.4 Å². The number of rotatable bonds is 3. The van der Waals surface area contributed by atoms with Crippen molar-refractivity contribution in [3.63, 3.8) is 0 Å². The summed E-state index contributed by atoms with van der Waals surface area (Å²) in [5.74, 6) is 0.363. The summed E-state index contributed by atoms with van der Waals surface area (Å²) in [6.07, 6.45) is 3.09. The van der Waals surface area contributed by atoms with Gasteiger partial charge in [-0.3, -0.25) is 4.84 Å². The Morgan fingerprint density at radius 2 is 1.92 bits per heavy atom. The van der Waals surface area contributed by atoms with Gasteiger partial charge < -0.3 is 15.4 Å². The first kappa shape index (κ1) is 17.8. The summed E-state index contributed by atoms with van der Waals surface area (Å²) < 4.78 is 5.29. The van der Waals surface area contributed by atoms with E-state index in [-0.39, 0.29) is 11.0 Å². The Balaban J connectivity index is 1.49. The summed E-state index contributed by atoms with van der Waals surface area (Å²) in [7, 11) is 0. The smallest absolute Gasteiger partial charge is 0.392 e. The van der Waals surface area contributed by atoms with Crippen LogP contribution in [-0.4, -0.2) is 24.8 Å². The molecule has 0 saturated carbocycles. The zero-order chi connectivity index (χ0) is 17.9. The number of ether oxygens (including phenoxy) is 1. The lowest BCUT2D eigenvalue weighted by atomic mass is 9.87. The van der Waals surface area contributed by atoms with Crippen LogP contribution in [0.5, 0.6) is 0 Å². The van der Waals surface area contributed by atoms with E-state index in [2.05, 4.69) is 49.0 Å². The number of alkyl carbamates (subject to hydrolysis) is 1. The molecule has 1 spiro atoms. The van der Waals surface area contributed by atoms with E-state index in [1.165, 1.54) is 5.56 Å². The fourth-order valence-electron chi connectivity index (χ4n) is 3.03. The largest absolute Gasteiger partial charge is 0.414 e. The van der Waals surface area contributed by atoms with Crippen molar-refractivity contribution in [1.82, 2.24) is 16.1 Å². The second-order valence-corrected chi connectivity index (χ2v) is 7.72. The van der Waals surface area contributed by atoms with Crippen molar-refractivity contribution >= 4 is 6.09 Å². The van der Waals surface area contributed by atoms with E-state index in [4.69, 9.17) is 9.57 Å². The molecule has 6 nitrogen and oxygen atoms in total. The van der Waals surface area contributed by atoms with E-state index in [0.717, 1.165) is 31.5 Å². The highest BCUT2D eigenvalue weighted by Gasteiger charge is 2.37. The molecule has 2 heterocycles. The van der Waals surface area contributed by atoms with E-state index in [1.807, 2.05) is 18.2 Å². The monoisotopic (exact) mass is 345 g/mol. The van der Waals surface area contributed by atoms with Crippen LogP contribution in [0.3, 0.4) is 0 Å². The Morgan fingerprint density at radius 3 is 2.56 bits per heavy atom. The van der Waals surface area contributed by atoms with Crippen LogP contribution in [0.25, 0.3) is 0 Å². The molecular formula is C19H27N3O3. The minimum Gasteiger partial charge on any atom is -0.392 e. The Labute approximate surface area is 148 Å². The molecule has 2 aliphatic rings. The second-order valence-electron chi connectivity index (χ2n) is 7.72. The molecule has 0 aromatic heterocycles. The average Bonchev–Trinajstić information content (AvgIpc) is 2.95. The summed E-state index contributed by atoms with van der Waals surface area (Å²) in [5.41, 5.74) is 4.78. The van der Waals surface area contributed by atoms with Gasteiger partial charge in [0.05, 0.1) is 0 Å². The number of amides is 1. The maximum atomic E-state index is 12.0. The normalized spacial score (nSPS) is 19.2. The maximum Gasteiger partial charge on any atom is 0.414 e. The van der Waals surface area contributed by atoms with Crippen molar-refractivity contribution in [2.45, 2.75) is 51.2 Å². The molecule has 1 saturated heterocycles. The molecule has 1 amide bonds. The minimum atomic E-state index is -0.492. The summed E-state index contributed by atoms with van der Waals surface area (Å²) in [6.45, 7) is 8.74. The first-order valence-electron chi connectivity index (χ1n) is 8.79. The van der Waals surface area contributed by atoms with Gasteiger partial charge in [-0.25, -0.2) is 10.3 Å². The summed E-state index contributed by atoms with van der Waals surface area (Å²) in [5, 5.41) is 6.05. The minimum absolute atomic E-state index is 0.121. The van der Waals surface area contributed by atoms with Crippen molar-refractivity contribution in [2.24, 2.45) is 0 Å². The van der Waals surface area contributed by atoms with Crippen LogP contribution in [-0.2, 0) is 21.5 Å². The van der Waals surface area contributed by atoms with Crippen LogP contribution in [0.1, 0.15) is 44.7 Å². The zero-order valence-corrected chi connectivity index (χ0v) is 15.1. The van der Waals surface area contributed by atoms with Gasteiger partial charge in [0.15, 0.2) is 0 Å². The van der Waals surface area contributed by atoms with E-state index >= 15 is 0 Å². The Hall–Kier alpha value is -2.05. The third kappa shape index (κ3) is 4.52. The third-order valence-corrected chi connectivity index (χ3v) is 4.66. The number of hydrogen-bond donors (Lipinski definition) is 3. The van der Waals surface area contributed by atoms with Crippen LogP contribution in [0, 0.1) is 0 Å². The van der Waals surface area contributed by atoms with Crippen molar-refractivity contribution in [3.05, 3.63) is 47.4 Å². The van der Waals surface area contributed by atoms with Crippen LogP contribution in [0.15, 0.2) is 36.2 Å². The quantitative estimate of drug-likeness (QED) is 0.786. The van der Waals surface area contributed by atoms with Gasteiger partial charge in [-0.2, -0.15) is 0 Å². The standard InChI is InChI=1S/C19H27N3O3/c1-18(2,3)15-6-4-14(5-7-15)13-21-17(23)24-16-12-19(25-22-16)8-10-20-11-9-19/h4-7,12,20,22H,8-11,13H2,1-3H3,(H,21,23). The van der Waals surface area contributed by atoms with Crippen molar-refractivity contribution in [1.29, 1.82) is 0 Å².